The number of urea groups is 1. The fourth-order valence-electron chi connectivity index (χ4n) is 4.04. The highest BCUT2D eigenvalue weighted by Crippen LogP contribution is 2.34. The Labute approximate surface area is 179 Å². The maximum absolute atomic E-state index is 12.6. The largest absolute Gasteiger partial charge is 0.454 e. The number of nitrogens with one attached hydrogen (secondary N) is 2. The molecule has 0 bridgehead atoms. The van der Waals surface area contributed by atoms with Gasteiger partial charge in [-0.15, -0.1) is 0 Å². The van der Waals surface area contributed by atoms with Gasteiger partial charge in [-0.3, -0.25) is 4.90 Å². The van der Waals surface area contributed by atoms with Gasteiger partial charge in [0.25, 0.3) is 0 Å². The first-order valence-electron chi connectivity index (χ1n) is 10.0. The predicted octanol–water partition coefficient (Wildman–Crippen LogP) is 4.40. The van der Waals surface area contributed by atoms with Gasteiger partial charge in [0, 0.05) is 31.4 Å². The fraction of sp³-hybridized carbons (Fsp3) is 0.261. The average Bonchev–Trinajstić information content (AvgIpc) is 3.46. The van der Waals surface area contributed by atoms with E-state index in [9.17, 15) is 4.79 Å². The summed E-state index contributed by atoms with van der Waals surface area (Å²) in [6.07, 6.45) is 1.03. The Morgan fingerprint density at radius 3 is 2.83 bits per heavy atom. The third-order valence-electron chi connectivity index (χ3n) is 5.62. The lowest BCUT2D eigenvalue weighted by Crippen LogP contribution is -2.41. The van der Waals surface area contributed by atoms with Crippen molar-refractivity contribution in [1.82, 2.24) is 10.2 Å². The molecule has 2 aliphatic rings. The number of amides is 2. The summed E-state index contributed by atoms with van der Waals surface area (Å²) in [4.78, 5) is 15.0. The molecule has 7 heteroatoms. The van der Waals surface area contributed by atoms with Crippen LogP contribution in [-0.4, -0.2) is 30.8 Å². The second kappa shape index (κ2) is 8.38. The highest BCUT2D eigenvalue weighted by Gasteiger charge is 2.25. The SMILES string of the molecule is O=C(NCC(c1ccsc1)N1CCc2ccccc2C1)Nc1ccc2c(c1)OCO2. The molecule has 0 saturated carbocycles. The molecule has 5 rings (SSSR count). The summed E-state index contributed by atoms with van der Waals surface area (Å²) in [7, 11) is 0. The second-order valence-electron chi connectivity index (χ2n) is 7.46. The maximum Gasteiger partial charge on any atom is 0.319 e. The van der Waals surface area contributed by atoms with Gasteiger partial charge in [0.2, 0.25) is 6.79 Å². The number of hydrogen-bond acceptors (Lipinski definition) is 5. The number of thiophene rings is 1. The lowest BCUT2D eigenvalue weighted by Gasteiger charge is -2.35. The van der Waals surface area contributed by atoms with Crippen molar-refractivity contribution < 1.29 is 14.3 Å². The Hall–Kier alpha value is -3.03. The van der Waals surface area contributed by atoms with Gasteiger partial charge in [-0.05, 0) is 52.1 Å². The molecule has 0 radical (unpaired) electrons. The van der Waals surface area contributed by atoms with E-state index in [-0.39, 0.29) is 18.9 Å². The summed E-state index contributed by atoms with van der Waals surface area (Å²) in [6, 6.07) is 16.1. The van der Waals surface area contributed by atoms with Gasteiger partial charge in [0.05, 0.1) is 6.04 Å². The molecular formula is C23H23N3O3S. The van der Waals surface area contributed by atoms with Crippen LogP contribution in [0, 0.1) is 0 Å². The molecule has 0 spiro atoms. The molecule has 3 aromatic rings. The van der Waals surface area contributed by atoms with Gasteiger partial charge in [0.1, 0.15) is 0 Å². The van der Waals surface area contributed by atoms with Crippen LogP contribution in [0.5, 0.6) is 11.5 Å². The topological polar surface area (TPSA) is 62.8 Å². The van der Waals surface area contributed by atoms with Gasteiger partial charge in [-0.2, -0.15) is 11.3 Å². The minimum atomic E-state index is -0.230. The fourth-order valence-corrected chi connectivity index (χ4v) is 4.75. The monoisotopic (exact) mass is 421 g/mol. The molecule has 0 saturated heterocycles. The van der Waals surface area contributed by atoms with E-state index in [0.717, 1.165) is 19.5 Å². The molecule has 1 atom stereocenters. The van der Waals surface area contributed by atoms with Gasteiger partial charge in [-0.1, -0.05) is 24.3 Å². The molecule has 0 fully saturated rings. The Kier molecular flexibility index (Phi) is 5.29. The van der Waals surface area contributed by atoms with E-state index in [4.69, 9.17) is 9.47 Å². The second-order valence-corrected chi connectivity index (χ2v) is 8.24. The van der Waals surface area contributed by atoms with Crippen LogP contribution < -0.4 is 20.1 Å². The highest BCUT2D eigenvalue weighted by atomic mass is 32.1. The molecule has 2 N–H and O–H groups in total. The molecule has 154 valence electrons. The van der Waals surface area contributed by atoms with E-state index in [2.05, 4.69) is 56.6 Å². The van der Waals surface area contributed by atoms with Crippen LogP contribution in [0.15, 0.2) is 59.3 Å². The van der Waals surface area contributed by atoms with Crippen LogP contribution in [0.3, 0.4) is 0 Å². The molecular weight excluding hydrogens is 398 g/mol. The molecule has 0 aliphatic carbocycles. The van der Waals surface area contributed by atoms with E-state index < -0.39 is 0 Å². The number of hydrogen-bond donors (Lipinski definition) is 2. The third kappa shape index (κ3) is 3.99. The highest BCUT2D eigenvalue weighted by molar-refractivity contribution is 7.08. The van der Waals surface area contributed by atoms with Crippen LogP contribution in [-0.2, 0) is 13.0 Å². The Morgan fingerprint density at radius 1 is 1.10 bits per heavy atom. The minimum absolute atomic E-state index is 0.132. The number of rotatable bonds is 5. The maximum atomic E-state index is 12.6. The van der Waals surface area contributed by atoms with Crippen LogP contribution >= 0.6 is 11.3 Å². The zero-order chi connectivity index (χ0) is 20.3. The molecule has 1 aromatic heterocycles. The minimum Gasteiger partial charge on any atom is -0.454 e. The first kappa shape index (κ1) is 19.0. The Bertz CT molecular complexity index is 1040. The lowest BCUT2D eigenvalue weighted by atomic mass is 9.97. The summed E-state index contributed by atoms with van der Waals surface area (Å²) >= 11 is 1.69. The van der Waals surface area contributed by atoms with Crippen LogP contribution in [0.2, 0.25) is 0 Å². The Morgan fingerprint density at radius 2 is 1.97 bits per heavy atom. The van der Waals surface area contributed by atoms with Crippen molar-refractivity contribution in [3.8, 4) is 11.5 Å². The third-order valence-corrected chi connectivity index (χ3v) is 6.32. The first-order valence-corrected chi connectivity index (χ1v) is 11.0. The van der Waals surface area contributed by atoms with E-state index in [1.807, 2.05) is 6.07 Å². The summed E-state index contributed by atoms with van der Waals surface area (Å²) in [5.74, 6) is 1.35. The number of nitrogens with zero attached hydrogens (tertiary/aromatic N) is 1. The van der Waals surface area contributed by atoms with Crippen LogP contribution in [0.1, 0.15) is 22.7 Å². The van der Waals surface area contributed by atoms with Crippen molar-refractivity contribution in [3.63, 3.8) is 0 Å². The number of fused-ring (bicyclic) bond motifs is 2. The number of carbonyl (C=O) groups excluding carboxylic acids is 1. The van der Waals surface area contributed by atoms with Crippen LogP contribution in [0.4, 0.5) is 10.5 Å². The molecule has 2 amide bonds. The van der Waals surface area contributed by atoms with E-state index in [1.165, 1.54) is 16.7 Å². The molecule has 6 nitrogen and oxygen atoms in total. The van der Waals surface area contributed by atoms with E-state index in [1.54, 1.807) is 23.5 Å². The lowest BCUT2D eigenvalue weighted by molar-refractivity contribution is 0.174. The number of ether oxygens (including phenoxy) is 2. The van der Waals surface area contributed by atoms with Crippen LogP contribution in [0.25, 0.3) is 0 Å². The first-order chi connectivity index (χ1) is 14.8. The molecule has 1 unspecified atom stereocenters. The molecule has 2 aliphatic heterocycles. The summed E-state index contributed by atoms with van der Waals surface area (Å²) in [5, 5.41) is 10.2. The predicted molar refractivity (Wildman–Crippen MR) is 117 cm³/mol. The normalized spacial score (nSPS) is 16.0. The van der Waals surface area contributed by atoms with E-state index in [0.29, 0.717) is 23.7 Å². The quantitative estimate of drug-likeness (QED) is 0.641. The van der Waals surface area contributed by atoms with Crippen molar-refractivity contribution in [2.45, 2.75) is 19.0 Å². The average molecular weight is 422 g/mol. The number of anilines is 1. The van der Waals surface area contributed by atoms with Crippen molar-refractivity contribution in [3.05, 3.63) is 76.0 Å². The summed E-state index contributed by atoms with van der Waals surface area (Å²) in [5.41, 5.74) is 4.71. The molecule has 30 heavy (non-hydrogen) atoms. The zero-order valence-corrected chi connectivity index (χ0v) is 17.3. The van der Waals surface area contributed by atoms with E-state index >= 15 is 0 Å². The van der Waals surface area contributed by atoms with Crippen molar-refractivity contribution in [2.24, 2.45) is 0 Å². The van der Waals surface area contributed by atoms with Crippen molar-refractivity contribution in [1.29, 1.82) is 0 Å². The summed E-state index contributed by atoms with van der Waals surface area (Å²) in [6.45, 7) is 2.62. The van der Waals surface area contributed by atoms with Gasteiger partial charge in [0.15, 0.2) is 11.5 Å². The molecule has 3 heterocycles. The van der Waals surface area contributed by atoms with Gasteiger partial charge < -0.3 is 20.1 Å². The molecule has 2 aromatic carbocycles. The summed E-state index contributed by atoms with van der Waals surface area (Å²) < 4.78 is 10.7. The number of carbonyl (C=O) groups is 1. The number of benzene rings is 2. The van der Waals surface area contributed by atoms with Crippen molar-refractivity contribution in [2.75, 3.05) is 25.2 Å². The smallest absolute Gasteiger partial charge is 0.319 e. The van der Waals surface area contributed by atoms with Gasteiger partial charge >= 0.3 is 6.03 Å². The standard InChI is InChI=1S/C23H23N3O3S/c27-23(25-19-5-6-21-22(11-19)29-15-28-21)24-12-20(18-8-10-30-14-18)26-9-7-16-3-1-2-4-17(16)13-26/h1-6,8,10-11,14,20H,7,9,12-13,15H2,(H2,24,25,27). The van der Waals surface area contributed by atoms with Gasteiger partial charge in [-0.25, -0.2) is 4.79 Å². The zero-order valence-electron chi connectivity index (χ0n) is 16.5. The van der Waals surface area contributed by atoms with Crippen molar-refractivity contribution >= 4 is 23.1 Å². The Balaban J connectivity index is 1.25.